The number of nitro benzene ring substituents is 1. The van der Waals surface area contributed by atoms with E-state index in [9.17, 15) is 10.1 Å². The predicted octanol–water partition coefficient (Wildman–Crippen LogP) is 3.65. The van der Waals surface area contributed by atoms with Crippen LogP contribution in [-0.2, 0) is 6.54 Å². The van der Waals surface area contributed by atoms with Crippen molar-refractivity contribution < 1.29 is 4.92 Å². The predicted molar refractivity (Wildman–Crippen MR) is 85.5 cm³/mol. The highest BCUT2D eigenvalue weighted by Gasteiger charge is 2.29. The third-order valence-corrected chi connectivity index (χ3v) is 3.67. The first kappa shape index (κ1) is 15.8. The number of nitrogens with one attached hydrogen (secondary N) is 1. The Morgan fingerprint density at radius 2 is 2.14 bits per heavy atom. The summed E-state index contributed by atoms with van der Waals surface area (Å²) in [6.07, 6.45) is 2.51. The highest BCUT2D eigenvalue weighted by atomic mass is 16.6. The average molecular weight is 291 g/mol. The van der Waals surface area contributed by atoms with Crippen molar-refractivity contribution in [2.24, 2.45) is 5.92 Å². The van der Waals surface area contributed by atoms with Crippen LogP contribution in [0.3, 0.4) is 0 Å². The van der Waals surface area contributed by atoms with Crippen LogP contribution >= 0.6 is 0 Å². The molecule has 1 aromatic carbocycles. The summed E-state index contributed by atoms with van der Waals surface area (Å²) in [4.78, 5) is 13.4. The number of nitro groups is 1. The van der Waals surface area contributed by atoms with Crippen molar-refractivity contribution in [2.45, 2.75) is 46.2 Å². The molecule has 0 unspecified atom stereocenters. The van der Waals surface area contributed by atoms with Gasteiger partial charge >= 0.3 is 0 Å². The molecule has 0 amide bonds. The maximum absolute atomic E-state index is 11.2. The molecule has 0 spiro atoms. The molecule has 1 N–H and O–H groups in total. The zero-order chi connectivity index (χ0) is 15.4. The summed E-state index contributed by atoms with van der Waals surface area (Å²) in [6.45, 7) is 8.90. The average Bonchev–Trinajstić information content (AvgIpc) is 3.23. The SMILES string of the molecule is CCNc1ccc(CN(CC(C)C)C2CC2)cc1[N+](=O)[O-]. The lowest BCUT2D eigenvalue weighted by atomic mass is 10.1. The van der Waals surface area contributed by atoms with Gasteiger partial charge in [0.25, 0.3) is 5.69 Å². The topological polar surface area (TPSA) is 58.4 Å². The summed E-state index contributed by atoms with van der Waals surface area (Å²) < 4.78 is 0. The minimum atomic E-state index is -0.300. The molecule has 5 heteroatoms. The zero-order valence-electron chi connectivity index (χ0n) is 13.1. The lowest BCUT2D eigenvalue weighted by Gasteiger charge is -2.24. The minimum absolute atomic E-state index is 0.176. The Hall–Kier alpha value is -1.62. The number of benzene rings is 1. The number of nitrogens with zero attached hydrogens (tertiary/aromatic N) is 2. The zero-order valence-corrected chi connectivity index (χ0v) is 13.1. The summed E-state index contributed by atoms with van der Waals surface area (Å²) in [6, 6.07) is 6.21. The first-order chi connectivity index (χ1) is 10.0. The molecule has 0 radical (unpaired) electrons. The lowest BCUT2D eigenvalue weighted by molar-refractivity contribution is -0.384. The standard InChI is InChI=1S/C16H25N3O2/c1-4-17-15-8-5-13(9-16(15)19(20)21)11-18(10-12(2)3)14-6-7-14/h5,8-9,12,14,17H,4,6-7,10-11H2,1-3H3. The Kier molecular flexibility index (Phi) is 5.17. The Balaban J connectivity index is 2.15. The molecule has 0 saturated heterocycles. The van der Waals surface area contributed by atoms with E-state index in [0.717, 1.165) is 18.7 Å². The third-order valence-electron chi connectivity index (χ3n) is 3.67. The fourth-order valence-electron chi connectivity index (χ4n) is 2.65. The van der Waals surface area contributed by atoms with Crippen LogP contribution in [0.5, 0.6) is 0 Å². The van der Waals surface area contributed by atoms with Gasteiger partial charge in [0, 0.05) is 31.7 Å². The van der Waals surface area contributed by atoms with Crippen molar-refractivity contribution in [1.29, 1.82) is 0 Å². The van der Waals surface area contributed by atoms with E-state index < -0.39 is 0 Å². The fraction of sp³-hybridized carbons (Fsp3) is 0.625. The van der Waals surface area contributed by atoms with Gasteiger partial charge in [-0.15, -0.1) is 0 Å². The van der Waals surface area contributed by atoms with E-state index in [1.165, 1.54) is 12.8 Å². The molecule has 116 valence electrons. The summed E-state index contributed by atoms with van der Waals surface area (Å²) in [5.41, 5.74) is 1.80. The maximum atomic E-state index is 11.2. The molecule has 1 aliphatic rings. The van der Waals surface area contributed by atoms with Crippen molar-refractivity contribution in [3.63, 3.8) is 0 Å². The molecule has 0 heterocycles. The van der Waals surface area contributed by atoms with E-state index in [1.54, 1.807) is 6.07 Å². The second-order valence-corrected chi connectivity index (χ2v) is 6.19. The number of hydrogen-bond acceptors (Lipinski definition) is 4. The van der Waals surface area contributed by atoms with Gasteiger partial charge in [-0.25, -0.2) is 0 Å². The molecule has 1 fully saturated rings. The van der Waals surface area contributed by atoms with Gasteiger partial charge < -0.3 is 5.32 Å². The Bertz CT molecular complexity index is 498. The van der Waals surface area contributed by atoms with E-state index in [0.29, 0.717) is 24.2 Å². The maximum Gasteiger partial charge on any atom is 0.292 e. The van der Waals surface area contributed by atoms with Gasteiger partial charge in [-0.1, -0.05) is 19.9 Å². The Labute approximate surface area is 126 Å². The van der Waals surface area contributed by atoms with Gasteiger partial charge in [0.05, 0.1) is 4.92 Å². The van der Waals surface area contributed by atoms with E-state index in [-0.39, 0.29) is 10.6 Å². The minimum Gasteiger partial charge on any atom is -0.380 e. The van der Waals surface area contributed by atoms with Gasteiger partial charge in [-0.3, -0.25) is 15.0 Å². The molecule has 0 atom stereocenters. The molecule has 21 heavy (non-hydrogen) atoms. The molecule has 0 bridgehead atoms. The highest BCUT2D eigenvalue weighted by molar-refractivity contribution is 5.62. The van der Waals surface area contributed by atoms with Crippen LogP contribution < -0.4 is 5.32 Å². The molecule has 5 nitrogen and oxygen atoms in total. The first-order valence-electron chi connectivity index (χ1n) is 7.76. The molecular formula is C16H25N3O2. The summed E-state index contributed by atoms with van der Waals surface area (Å²) in [5, 5.41) is 14.3. The van der Waals surface area contributed by atoms with Crippen LogP contribution in [0.4, 0.5) is 11.4 Å². The molecule has 0 aromatic heterocycles. The van der Waals surface area contributed by atoms with Crippen molar-refractivity contribution in [2.75, 3.05) is 18.4 Å². The number of rotatable bonds is 8. The first-order valence-corrected chi connectivity index (χ1v) is 7.76. The second kappa shape index (κ2) is 6.89. The third kappa shape index (κ3) is 4.43. The number of hydrogen-bond donors (Lipinski definition) is 1. The second-order valence-electron chi connectivity index (χ2n) is 6.19. The van der Waals surface area contributed by atoms with Crippen molar-refractivity contribution in [3.8, 4) is 0 Å². The molecule has 1 aliphatic carbocycles. The van der Waals surface area contributed by atoms with Crippen molar-refractivity contribution in [1.82, 2.24) is 4.90 Å². The van der Waals surface area contributed by atoms with Crippen LogP contribution in [0.15, 0.2) is 18.2 Å². The van der Waals surface area contributed by atoms with Gasteiger partial charge in [0.15, 0.2) is 0 Å². The van der Waals surface area contributed by atoms with Crippen LogP contribution in [0, 0.1) is 16.0 Å². The van der Waals surface area contributed by atoms with Crippen LogP contribution in [0.25, 0.3) is 0 Å². The Morgan fingerprint density at radius 3 is 2.67 bits per heavy atom. The van der Waals surface area contributed by atoms with Gasteiger partial charge in [0.1, 0.15) is 5.69 Å². The van der Waals surface area contributed by atoms with Gasteiger partial charge in [-0.2, -0.15) is 0 Å². The van der Waals surface area contributed by atoms with Crippen LogP contribution in [0.1, 0.15) is 39.2 Å². The van der Waals surface area contributed by atoms with Gasteiger partial charge in [0.2, 0.25) is 0 Å². The van der Waals surface area contributed by atoms with Crippen LogP contribution in [-0.4, -0.2) is 29.0 Å². The molecule has 2 rings (SSSR count). The summed E-state index contributed by atoms with van der Waals surface area (Å²) in [7, 11) is 0. The van der Waals surface area contributed by atoms with Crippen LogP contribution in [0.2, 0.25) is 0 Å². The number of anilines is 1. The molecule has 1 saturated carbocycles. The summed E-state index contributed by atoms with van der Waals surface area (Å²) in [5.74, 6) is 0.613. The smallest absolute Gasteiger partial charge is 0.292 e. The largest absolute Gasteiger partial charge is 0.380 e. The normalized spacial score (nSPS) is 14.7. The summed E-state index contributed by atoms with van der Waals surface area (Å²) >= 11 is 0. The van der Waals surface area contributed by atoms with Crippen molar-refractivity contribution in [3.05, 3.63) is 33.9 Å². The monoisotopic (exact) mass is 291 g/mol. The Morgan fingerprint density at radius 1 is 1.43 bits per heavy atom. The molecule has 0 aliphatic heterocycles. The molecular weight excluding hydrogens is 266 g/mol. The molecule has 1 aromatic rings. The fourth-order valence-corrected chi connectivity index (χ4v) is 2.65. The van der Waals surface area contributed by atoms with E-state index in [1.807, 2.05) is 19.1 Å². The van der Waals surface area contributed by atoms with E-state index in [2.05, 4.69) is 24.1 Å². The van der Waals surface area contributed by atoms with E-state index >= 15 is 0 Å². The quantitative estimate of drug-likeness (QED) is 0.586. The van der Waals surface area contributed by atoms with E-state index in [4.69, 9.17) is 0 Å². The highest BCUT2D eigenvalue weighted by Crippen LogP contribution is 2.31. The van der Waals surface area contributed by atoms with Gasteiger partial charge in [-0.05, 0) is 37.3 Å². The lowest BCUT2D eigenvalue weighted by Crippen LogP contribution is -2.29. The van der Waals surface area contributed by atoms with Crippen molar-refractivity contribution >= 4 is 11.4 Å².